The van der Waals surface area contributed by atoms with Gasteiger partial charge >= 0.3 is 0 Å². The predicted octanol–water partition coefficient (Wildman–Crippen LogP) is 2.53. The third-order valence-electron chi connectivity index (χ3n) is 0.239. The van der Waals surface area contributed by atoms with Gasteiger partial charge in [0.2, 0.25) is 0 Å². The van der Waals surface area contributed by atoms with Crippen molar-refractivity contribution in [1.29, 1.82) is 0 Å². The second-order valence-corrected chi connectivity index (χ2v) is 2.96. The van der Waals surface area contributed by atoms with Crippen molar-refractivity contribution in [2.75, 3.05) is 6.16 Å². The molecular formula is C2H5ClFP. The van der Waals surface area contributed by atoms with Gasteiger partial charge in [0.1, 0.15) is 0 Å². The summed E-state index contributed by atoms with van der Waals surface area (Å²) in [6, 6.07) is 0. The Bertz CT molecular complexity index is 23.6. The van der Waals surface area contributed by atoms with E-state index in [1.165, 1.54) is 0 Å². The van der Waals surface area contributed by atoms with Crippen molar-refractivity contribution >= 4 is 18.8 Å². The van der Waals surface area contributed by atoms with Gasteiger partial charge in [-0.3, -0.25) is 0 Å². The zero-order valence-corrected chi connectivity index (χ0v) is 4.56. The second-order valence-electron chi connectivity index (χ2n) is 0.619. The first-order valence-corrected chi connectivity index (χ1v) is 3.68. The van der Waals surface area contributed by atoms with E-state index in [0.29, 0.717) is 6.16 Å². The van der Waals surface area contributed by atoms with E-state index in [-0.39, 0.29) is 0 Å². The second kappa shape index (κ2) is 2.87. The van der Waals surface area contributed by atoms with Gasteiger partial charge in [-0.25, -0.2) is 4.20 Å². The van der Waals surface area contributed by atoms with E-state index in [4.69, 9.17) is 11.2 Å². The van der Waals surface area contributed by atoms with Gasteiger partial charge in [-0.1, -0.05) is 18.2 Å². The Morgan fingerprint density at radius 3 is 2.20 bits per heavy atom. The lowest BCUT2D eigenvalue weighted by Crippen LogP contribution is -1.52. The molecule has 5 heavy (non-hydrogen) atoms. The summed E-state index contributed by atoms with van der Waals surface area (Å²) in [5.74, 6) is 0. The number of halogens is 2. The summed E-state index contributed by atoms with van der Waals surface area (Å²) in [6.45, 7) is 1.72. The van der Waals surface area contributed by atoms with Crippen LogP contribution in [0.4, 0.5) is 4.20 Å². The van der Waals surface area contributed by atoms with Gasteiger partial charge in [0.05, 0.1) is 0 Å². The molecule has 0 aromatic heterocycles. The molecule has 32 valence electrons. The molecule has 0 aliphatic carbocycles. The summed E-state index contributed by atoms with van der Waals surface area (Å²) in [4.78, 5) is 0. The van der Waals surface area contributed by atoms with E-state index in [0.717, 1.165) is 0 Å². The van der Waals surface area contributed by atoms with Gasteiger partial charge in [0.15, 0.2) is 7.58 Å². The van der Waals surface area contributed by atoms with Crippen LogP contribution in [0.5, 0.6) is 0 Å². The van der Waals surface area contributed by atoms with Crippen LogP contribution in [0.3, 0.4) is 0 Å². The van der Waals surface area contributed by atoms with Gasteiger partial charge in [0, 0.05) is 6.16 Å². The Morgan fingerprint density at radius 1 is 2.00 bits per heavy atom. The molecule has 1 unspecified atom stereocenters. The van der Waals surface area contributed by atoms with Crippen LogP contribution < -0.4 is 0 Å². The molecule has 0 saturated carbocycles. The Labute approximate surface area is 37.0 Å². The van der Waals surface area contributed by atoms with Crippen molar-refractivity contribution in [2.45, 2.75) is 6.92 Å². The molecule has 0 heterocycles. The standard InChI is InChI=1S/C2H5ClFP/c1-2-5(3)4/h2H2,1H3. The number of hydrogen-bond acceptors (Lipinski definition) is 0. The SMILES string of the molecule is CCP(F)Cl. The summed E-state index contributed by atoms with van der Waals surface area (Å²) in [7, 11) is -1.63. The highest BCUT2D eigenvalue weighted by Crippen LogP contribution is 2.41. The maximum Gasteiger partial charge on any atom is 0.175 e. The van der Waals surface area contributed by atoms with Crippen LogP contribution in [0.2, 0.25) is 0 Å². The normalized spacial score (nSPS) is 15.0. The average Bonchev–Trinajstić information content (AvgIpc) is 1.38. The van der Waals surface area contributed by atoms with Crippen LogP contribution in [0.1, 0.15) is 6.92 Å². The molecule has 0 N–H and O–H groups in total. The molecule has 3 heteroatoms. The fourth-order valence-electron chi connectivity index (χ4n) is 0. The highest BCUT2D eigenvalue weighted by Gasteiger charge is 1.89. The van der Waals surface area contributed by atoms with E-state index in [1.54, 1.807) is 6.92 Å². The van der Waals surface area contributed by atoms with Crippen molar-refractivity contribution in [1.82, 2.24) is 0 Å². The van der Waals surface area contributed by atoms with Crippen molar-refractivity contribution in [3.63, 3.8) is 0 Å². The lowest BCUT2D eigenvalue weighted by atomic mass is 11.0. The Hall–Kier alpha value is 0.650. The Morgan fingerprint density at radius 2 is 2.20 bits per heavy atom. The third-order valence-corrected chi connectivity index (χ3v) is 1.43. The van der Waals surface area contributed by atoms with Gasteiger partial charge in [-0.05, 0) is 0 Å². The summed E-state index contributed by atoms with van der Waals surface area (Å²) in [5, 5.41) is 0. The van der Waals surface area contributed by atoms with Gasteiger partial charge in [0.25, 0.3) is 0 Å². The highest BCUT2D eigenvalue weighted by atomic mass is 35.7. The van der Waals surface area contributed by atoms with Gasteiger partial charge in [-0.15, -0.1) is 0 Å². The van der Waals surface area contributed by atoms with Gasteiger partial charge in [-0.2, -0.15) is 0 Å². The molecular weight excluding hydrogens is 109 g/mol. The minimum atomic E-state index is -1.63. The maximum atomic E-state index is 11.3. The maximum absolute atomic E-state index is 11.3. The largest absolute Gasteiger partial charge is 0.209 e. The van der Waals surface area contributed by atoms with Crippen LogP contribution in [0.15, 0.2) is 0 Å². The zero-order valence-electron chi connectivity index (χ0n) is 2.91. The molecule has 0 aromatic carbocycles. The Kier molecular flexibility index (Phi) is 3.24. The Balaban J connectivity index is 2.54. The first-order valence-electron chi connectivity index (χ1n) is 1.36. The fraction of sp³-hybridized carbons (Fsp3) is 1.00. The lowest BCUT2D eigenvalue weighted by Gasteiger charge is -1.81. The summed E-state index contributed by atoms with van der Waals surface area (Å²) in [6.07, 6.45) is 0.469. The molecule has 0 nitrogen and oxygen atoms in total. The first kappa shape index (κ1) is 5.65. The van der Waals surface area contributed by atoms with Crippen molar-refractivity contribution in [3.05, 3.63) is 0 Å². The van der Waals surface area contributed by atoms with Crippen molar-refractivity contribution in [3.8, 4) is 0 Å². The average molecular weight is 114 g/mol. The molecule has 0 saturated heterocycles. The molecule has 0 aromatic rings. The molecule has 0 aliphatic heterocycles. The molecule has 0 bridgehead atoms. The quantitative estimate of drug-likeness (QED) is 0.460. The van der Waals surface area contributed by atoms with E-state index < -0.39 is 7.58 Å². The molecule has 0 amide bonds. The van der Waals surface area contributed by atoms with Crippen LogP contribution >= 0.6 is 18.8 Å². The first-order chi connectivity index (χ1) is 2.27. The van der Waals surface area contributed by atoms with E-state index in [1.807, 2.05) is 0 Å². The zero-order chi connectivity index (χ0) is 4.28. The van der Waals surface area contributed by atoms with Crippen molar-refractivity contribution < 1.29 is 4.20 Å². The van der Waals surface area contributed by atoms with E-state index in [2.05, 4.69) is 0 Å². The number of rotatable bonds is 1. The lowest BCUT2D eigenvalue weighted by molar-refractivity contribution is 0.908. The number of hydrogen-bond donors (Lipinski definition) is 0. The summed E-state index contributed by atoms with van der Waals surface area (Å²) in [5.41, 5.74) is 0. The smallest absolute Gasteiger partial charge is 0.175 e. The van der Waals surface area contributed by atoms with Crippen LogP contribution in [0.25, 0.3) is 0 Å². The van der Waals surface area contributed by atoms with Crippen LogP contribution in [-0.4, -0.2) is 6.16 Å². The molecule has 0 radical (unpaired) electrons. The summed E-state index contributed by atoms with van der Waals surface area (Å²) >= 11 is 4.86. The molecule has 0 rings (SSSR count). The minimum Gasteiger partial charge on any atom is -0.209 e. The topological polar surface area (TPSA) is 0 Å². The third kappa shape index (κ3) is 4.65. The summed E-state index contributed by atoms with van der Waals surface area (Å²) < 4.78 is 11.3. The van der Waals surface area contributed by atoms with E-state index >= 15 is 0 Å². The van der Waals surface area contributed by atoms with Crippen molar-refractivity contribution in [2.24, 2.45) is 0 Å². The van der Waals surface area contributed by atoms with Crippen LogP contribution in [-0.2, 0) is 0 Å². The molecule has 0 aliphatic rings. The fourth-order valence-corrected chi connectivity index (χ4v) is 0. The van der Waals surface area contributed by atoms with Crippen LogP contribution in [0, 0.1) is 0 Å². The monoisotopic (exact) mass is 114 g/mol. The minimum absolute atomic E-state index is 0.469. The molecule has 1 atom stereocenters. The molecule has 0 spiro atoms. The predicted molar refractivity (Wildman–Crippen MR) is 24.4 cm³/mol. The van der Waals surface area contributed by atoms with E-state index in [9.17, 15) is 4.20 Å². The molecule has 0 fully saturated rings. The van der Waals surface area contributed by atoms with Gasteiger partial charge < -0.3 is 0 Å². The highest BCUT2D eigenvalue weighted by molar-refractivity contribution is 7.79.